The Bertz CT molecular complexity index is 1270. The SMILES string of the molecule is CC1(C)CC[C@]2(C(=O)O)[C@H](O)C[C@]3(C)C(=CC[C@@H]4[C@@]5(C)C[C@H](O)[C@H](O[C@@H]6O[C@H](CO)[C@@H](O)[C@H](O)[C@H]6O)[C@@](C)(CO)C5CC[C@]43C)[C@H]2C1. The first-order chi connectivity index (χ1) is 21.8. The van der Waals surface area contributed by atoms with Crippen LogP contribution in [0.1, 0.15) is 92.9 Å². The minimum absolute atomic E-state index is 0.0454. The molecule has 5 aliphatic carbocycles. The third kappa shape index (κ3) is 4.74. The van der Waals surface area contributed by atoms with Gasteiger partial charge in [-0.2, -0.15) is 0 Å². The van der Waals surface area contributed by atoms with Gasteiger partial charge in [0.2, 0.25) is 0 Å². The molecule has 1 saturated heterocycles. The molecule has 1 unspecified atom stereocenters. The summed E-state index contributed by atoms with van der Waals surface area (Å²) in [4.78, 5) is 13.0. The molecule has 4 saturated carbocycles. The van der Waals surface area contributed by atoms with E-state index in [2.05, 4.69) is 40.7 Å². The number of carboxylic acid groups (broad SMARTS) is 1. The van der Waals surface area contributed by atoms with Gasteiger partial charge in [0.1, 0.15) is 29.8 Å². The third-order valence-electron chi connectivity index (χ3n) is 15.3. The summed E-state index contributed by atoms with van der Waals surface area (Å²) in [7, 11) is 0. The lowest BCUT2D eigenvalue weighted by atomic mass is 9.33. The highest BCUT2D eigenvalue weighted by Gasteiger charge is 2.72. The maximum atomic E-state index is 13.0. The molecule has 8 N–H and O–H groups in total. The average Bonchev–Trinajstić information content (AvgIpc) is 2.98. The van der Waals surface area contributed by atoms with Crippen molar-refractivity contribution in [3.63, 3.8) is 0 Å². The fraction of sp³-hybridized carbons (Fsp3) is 0.917. The number of fused-ring (bicyclic) bond motifs is 7. The van der Waals surface area contributed by atoms with Crippen molar-refractivity contribution < 1.29 is 55.1 Å². The summed E-state index contributed by atoms with van der Waals surface area (Å²) in [6.45, 7) is 12.1. The van der Waals surface area contributed by atoms with Gasteiger partial charge < -0.3 is 50.3 Å². The van der Waals surface area contributed by atoms with E-state index in [1.54, 1.807) is 0 Å². The Balaban J connectivity index is 1.36. The van der Waals surface area contributed by atoms with E-state index in [4.69, 9.17) is 9.47 Å². The molecule has 16 atom stereocenters. The molecular formula is C36H58O11. The maximum absolute atomic E-state index is 13.0. The van der Waals surface area contributed by atoms with Crippen molar-refractivity contribution in [2.45, 2.75) is 142 Å². The van der Waals surface area contributed by atoms with Crippen LogP contribution in [0.4, 0.5) is 0 Å². The molecule has 0 spiro atoms. The van der Waals surface area contributed by atoms with E-state index in [0.29, 0.717) is 38.5 Å². The first kappa shape index (κ1) is 35.7. The lowest BCUT2D eigenvalue weighted by Gasteiger charge is -2.72. The standard InChI is InChI=1S/C36H58O11/c1-31(2)11-12-36(30(44)45)19(13-31)18-7-8-23-32(3)14-20(39)28(47-29-27(43)26(42)25(41)21(16-37)46-29)33(4,17-38)22(32)9-10-34(23,5)35(18,6)15-24(36)40/h7,19-29,37-43H,8-17H2,1-6H3,(H,44,45)/t19-,20+,21-,22?,23-,24-,25-,26+,27-,28+,29+,32+,33+,34-,35-,36-/m1/s1. The van der Waals surface area contributed by atoms with Crippen molar-refractivity contribution in [1.82, 2.24) is 0 Å². The maximum Gasteiger partial charge on any atom is 0.312 e. The van der Waals surface area contributed by atoms with Gasteiger partial charge >= 0.3 is 5.97 Å². The molecule has 47 heavy (non-hydrogen) atoms. The molecule has 0 aromatic carbocycles. The molecule has 0 bridgehead atoms. The Morgan fingerprint density at radius 1 is 0.894 bits per heavy atom. The van der Waals surface area contributed by atoms with Crippen molar-refractivity contribution in [2.24, 2.45) is 50.2 Å². The summed E-state index contributed by atoms with van der Waals surface area (Å²) in [6, 6.07) is 0. The second kappa shape index (κ2) is 11.4. The van der Waals surface area contributed by atoms with E-state index in [1.165, 1.54) is 5.57 Å². The minimum atomic E-state index is -1.63. The molecule has 0 aromatic heterocycles. The Labute approximate surface area is 278 Å². The zero-order valence-electron chi connectivity index (χ0n) is 28.8. The molecular weight excluding hydrogens is 608 g/mol. The Hall–Kier alpha value is -1.15. The molecule has 11 nitrogen and oxygen atoms in total. The normalized spacial score (nSPS) is 55.5. The highest BCUT2D eigenvalue weighted by molar-refractivity contribution is 5.77. The molecule has 6 rings (SSSR count). The Kier molecular flexibility index (Phi) is 8.68. The number of allylic oxidation sites excluding steroid dienone is 2. The summed E-state index contributed by atoms with van der Waals surface area (Å²) in [5.74, 6) is -1.24. The van der Waals surface area contributed by atoms with Crippen molar-refractivity contribution >= 4 is 5.97 Å². The summed E-state index contributed by atoms with van der Waals surface area (Å²) < 4.78 is 11.9. The molecule has 1 heterocycles. The van der Waals surface area contributed by atoms with Crippen LogP contribution in [-0.4, -0.2) is 109 Å². The largest absolute Gasteiger partial charge is 0.481 e. The fourth-order valence-electron chi connectivity index (χ4n) is 12.4. The lowest BCUT2D eigenvalue weighted by Crippen LogP contribution is -2.70. The van der Waals surface area contributed by atoms with Crippen LogP contribution in [0.3, 0.4) is 0 Å². The van der Waals surface area contributed by atoms with E-state index >= 15 is 0 Å². The van der Waals surface area contributed by atoms with Crippen molar-refractivity contribution in [3.05, 3.63) is 11.6 Å². The minimum Gasteiger partial charge on any atom is -0.481 e. The van der Waals surface area contributed by atoms with Gasteiger partial charge in [-0.05, 0) is 90.8 Å². The van der Waals surface area contributed by atoms with Gasteiger partial charge in [-0.25, -0.2) is 0 Å². The number of hydrogen-bond acceptors (Lipinski definition) is 10. The van der Waals surface area contributed by atoms with Crippen LogP contribution in [0.2, 0.25) is 0 Å². The number of hydrogen-bond donors (Lipinski definition) is 8. The zero-order chi connectivity index (χ0) is 34.7. The van der Waals surface area contributed by atoms with Crippen molar-refractivity contribution in [1.29, 1.82) is 0 Å². The zero-order valence-corrected chi connectivity index (χ0v) is 28.8. The van der Waals surface area contributed by atoms with Crippen LogP contribution in [0.15, 0.2) is 11.6 Å². The van der Waals surface area contributed by atoms with Crippen LogP contribution in [-0.2, 0) is 14.3 Å². The monoisotopic (exact) mass is 666 g/mol. The van der Waals surface area contributed by atoms with E-state index in [-0.39, 0.29) is 35.2 Å². The number of aliphatic hydroxyl groups is 7. The first-order valence-electron chi connectivity index (χ1n) is 17.6. The van der Waals surface area contributed by atoms with Gasteiger partial charge in [-0.3, -0.25) is 4.79 Å². The van der Waals surface area contributed by atoms with Crippen LogP contribution >= 0.6 is 0 Å². The summed E-state index contributed by atoms with van der Waals surface area (Å²) >= 11 is 0. The lowest BCUT2D eigenvalue weighted by molar-refractivity contribution is -0.345. The number of carboxylic acids is 1. The van der Waals surface area contributed by atoms with E-state index < -0.39 is 83.3 Å². The number of carbonyl (C=O) groups is 1. The number of aliphatic carboxylic acids is 1. The molecule has 0 radical (unpaired) electrons. The van der Waals surface area contributed by atoms with Crippen molar-refractivity contribution in [2.75, 3.05) is 13.2 Å². The number of ether oxygens (including phenoxy) is 2. The van der Waals surface area contributed by atoms with Gasteiger partial charge in [0.25, 0.3) is 0 Å². The molecule has 5 fully saturated rings. The fourth-order valence-corrected chi connectivity index (χ4v) is 12.4. The molecule has 268 valence electrons. The van der Waals surface area contributed by atoms with Gasteiger partial charge in [0.05, 0.1) is 31.5 Å². The average molecular weight is 667 g/mol. The Morgan fingerprint density at radius 3 is 2.19 bits per heavy atom. The van der Waals surface area contributed by atoms with Crippen molar-refractivity contribution in [3.8, 4) is 0 Å². The first-order valence-corrected chi connectivity index (χ1v) is 17.6. The predicted octanol–water partition coefficient (Wildman–Crippen LogP) is 1.97. The molecule has 6 aliphatic rings. The second-order valence-corrected chi connectivity index (χ2v) is 18.0. The summed E-state index contributed by atoms with van der Waals surface area (Å²) in [6.07, 6.45) is -3.39. The highest BCUT2D eigenvalue weighted by Crippen LogP contribution is 2.76. The summed E-state index contributed by atoms with van der Waals surface area (Å²) in [5, 5.41) is 86.5. The van der Waals surface area contributed by atoms with E-state index in [9.17, 15) is 45.6 Å². The summed E-state index contributed by atoms with van der Waals surface area (Å²) in [5.41, 5.74) is -2.31. The van der Waals surface area contributed by atoms with Crippen LogP contribution in [0.25, 0.3) is 0 Å². The molecule has 0 aromatic rings. The Morgan fingerprint density at radius 2 is 1.57 bits per heavy atom. The highest BCUT2D eigenvalue weighted by atomic mass is 16.7. The predicted molar refractivity (Wildman–Crippen MR) is 170 cm³/mol. The second-order valence-electron chi connectivity index (χ2n) is 18.0. The smallest absolute Gasteiger partial charge is 0.312 e. The third-order valence-corrected chi connectivity index (χ3v) is 15.3. The van der Waals surface area contributed by atoms with Gasteiger partial charge in [-0.1, -0.05) is 53.2 Å². The van der Waals surface area contributed by atoms with Gasteiger partial charge in [0, 0.05) is 5.41 Å². The van der Waals surface area contributed by atoms with Crippen LogP contribution < -0.4 is 0 Å². The number of aliphatic hydroxyl groups excluding tert-OH is 7. The van der Waals surface area contributed by atoms with E-state index in [1.807, 2.05) is 6.92 Å². The molecule has 11 heteroatoms. The van der Waals surface area contributed by atoms with Crippen LogP contribution in [0.5, 0.6) is 0 Å². The van der Waals surface area contributed by atoms with E-state index in [0.717, 1.165) is 12.8 Å². The molecule has 1 aliphatic heterocycles. The topological polar surface area (TPSA) is 197 Å². The number of rotatable bonds is 5. The van der Waals surface area contributed by atoms with Gasteiger partial charge in [-0.15, -0.1) is 0 Å². The quantitative estimate of drug-likeness (QED) is 0.158. The van der Waals surface area contributed by atoms with Crippen LogP contribution in [0, 0.1) is 50.2 Å². The van der Waals surface area contributed by atoms with Gasteiger partial charge in [0.15, 0.2) is 6.29 Å². The molecule has 0 amide bonds.